The van der Waals surface area contributed by atoms with Crippen LogP contribution in [0.3, 0.4) is 0 Å². The number of carbonyl (C=O) groups is 1. The fourth-order valence-electron chi connectivity index (χ4n) is 2.09. The van der Waals surface area contributed by atoms with Gasteiger partial charge in [0.2, 0.25) is 0 Å². The zero-order valence-electron chi connectivity index (χ0n) is 10.2. The van der Waals surface area contributed by atoms with Gasteiger partial charge in [-0.2, -0.15) is 0 Å². The van der Waals surface area contributed by atoms with E-state index in [1.807, 2.05) is 6.92 Å². The van der Waals surface area contributed by atoms with Gasteiger partial charge in [0, 0.05) is 0 Å². The minimum atomic E-state index is -0.828. The van der Waals surface area contributed by atoms with E-state index in [-0.39, 0.29) is 12.7 Å². The van der Waals surface area contributed by atoms with Gasteiger partial charge >= 0.3 is 5.97 Å². The summed E-state index contributed by atoms with van der Waals surface area (Å²) >= 11 is 0. The molecule has 1 unspecified atom stereocenters. The van der Waals surface area contributed by atoms with E-state index >= 15 is 0 Å². The highest BCUT2D eigenvalue weighted by Gasteiger charge is 2.22. The van der Waals surface area contributed by atoms with Gasteiger partial charge < -0.3 is 15.2 Å². The summed E-state index contributed by atoms with van der Waals surface area (Å²) in [5, 5.41) is 11.8. The molecule has 1 atom stereocenters. The second-order valence-electron chi connectivity index (χ2n) is 4.66. The number of rotatable bonds is 6. The van der Waals surface area contributed by atoms with Crippen molar-refractivity contribution in [3.8, 4) is 0 Å². The molecule has 4 nitrogen and oxygen atoms in total. The average molecular weight is 229 g/mol. The number of hydrogen-bond acceptors (Lipinski definition) is 3. The summed E-state index contributed by atoms with van der Waals surface area (Å²) in [5.74, 6) is -0.0325. The van der Waals surface area contributed by atoms with Gasteiger partial charge in [-0.05, 0) is 38.1 Å². The molecule has 0 saturated heterocycles. The van der Waals surface area contributed by atoms with Crippen LogP contribution in [-0.2, 0) is 9.53 Å². The zero-order chi connectivity index (χ0) is 12.0. The van der Waals surface area contributed by atoms with Crippen molar-refractivity contribution in [2.75, 3.05) is 13.2 Å². The first-order chi connectivity index (χ1) is 7.63. The molecule has 0 heterocycles. The lowest BCUT2D eigenvalue weighted by Crippen LogP contribution is -2.41. The molecule has 4 heteroatoms. The molecule has 0 radical (unpaired) electrons. The van der Waals surface area contributed by atoms with Crippen molar-refractivity contribution in [2.45, 2.75) is 51.7 Å². The Labute approximate surface area is 97.4 Å². The van der Waals surface area contributed by atoms with Gasteiger partial charge in [-0.25, -0.2) is 0 Å². The molecule has 0 aliphatic heterocycles. The first-order valence-corrected chi connectivity index (χ1v) is 6.21. The van der Waals surface area contributed by atoms with Gasteiger partial charge in [0.05, 0.1) is 12.7 Å². The number of nitrogens with one attached hydrogen (secondary N) is 1. The van der Waals surface area contributed by atoms with E-state index < -0.39 is 12.0 Å². The fraction of sp³-hybridized carbons (Fsp3) is 0.917. The second kappa shape index (κ2) is 6.86. The number of aliphatic carboxylic acids is 1. The van der Waals surface area contributed by atoms with E-state index in [1.54, 1.807) is 0 Å². The number of likely N-dealkylation sites (N-methyl/N-ethyl adjacent to an activating group) is 1. The third kappa shape index (κ3) is 4.49. The summed E-state index contributed by atoms with van der Waals surface area (Å²) in [7, 11) is 0. The molecule has 0 aromatic heterocycles. The minimum Gasteiger partial charge on any atom is -0.480 e. The lowest BCUT2D eigenvalue weighted by atomic mass is 9.89. The molecule has 1 fully saturated rings. The topological polar surface area (TPSA) is 58.6 Å². The minimum absolute atomic E-state index is 0.261. The van der Waals surface area contributed by atoms with Crippen LogP contribution in [0.15, 0.2) is 0 Å². The number of carboxylic acids is 1. The predicted molar refractivity (Wildman–Crippen MR) is 62.5 cm³/mol. The molecular formula is C12H23NO3. The fourth-order valence-corrected chi connectivity index (χ4v) is 2.09. The van der Waals surface area contributed by atoms with Crippen molar-refractivity contribution in [2.24, 2.45) is 5.92 Å². The maximum absolute atomic E-state index is 10.9. The summed E-state index contributed by atoms with van der Waals surface area (Å²) in [5.41, 5.74) is 0. The largest absolute Gasteiger partial charge is 0.480 e. The molecule has 94 valence electrons. The van der Waals surface area contributed by atoms with E-state index in [1.165, 1.54) is 12.8 Å². The lowest BCUT2D eigenvalue weighted by Gasteiger charge is -2.27. The average Bonchev–Trinajstić information content (AvgIpc) is 2.26. The molecule has 0 aromatic carbocycles. The highest BCUT2D eigenvalue weighted by molar-refractivity contribution is 5.73. The van der Waals surface area contributed by atoms with Gasteiger partial charge in [0.25, 0.3) is 0 Å². The molecule has 0 spiro atoms. The summed E-state index contributed by atoms with van der Waals surface area (Å²) < 4.78 is 5.66. The number of ether oxygens (including phenoxy) is 1. The molecule has 1 aliphatic rings. The van der Waals surface area contributed by atoms with Crippen LogP contribution < -0.4 is 5.32 Å². The van der Waals surface area contributed by atoms with Crippen molar-refractivity contribution in [3.05, 3.63) is 0 Å². The molecule has 16 heavy (non-hydrogen) atoms. The molecule has 2 N–H and O–H groups in total. The Morgan fingerprint density at radius 2 is 2.06 bits per heavy atom. The Morgan fingerprint density at radius 1 is 1.44 bits per heavy atom. The van der Waals surface area contributed by atoms with Gasteiger partial charge in [0.15, 0.2) is 0 Å². The Morgan fingerprint density at radius 3 is 2.56 bits per heavy atom. The monoisotopic (exact) mass is 229 g/mol. The van der Waals surface area contributed by atoms with E-state index in [4.69, 9.17) is 9.84 Å². The zero-order valence-corrected chi connectivity index (χ0v) is 10.2. The summed E-state index contributed by atoms with van der Waals surface area (Å²) in [6.45, 7) is 5.09. The van der Waals surface area contributed by atoms with Crippen LogP contribution in [0, 0.1) is 5.92 Å². The summed E-state index contributed by atoms with van der Waals surface area (Å²) in [4.78, 5) is 10.9. The van der Waals surface area contributed by atoms with Crippen molar-refractivity contribution >= 4 is 5.97 Å². The predicted octanol–water partition coefficient (Wildman–Crippen LogP) is 1.64. The van der Waals surface area contributed by atoms with Crippen LogP contribution in [-0.4, -0.2) is 36.4 Å². The highest BCUT2D eigenvalue weighted by atomic mass is 16.5. The van der Waals surface area contributed by atoms with Crippen molar-refractivity contribution in [1.29, 1.82) is 0 Å². The van der Waals surface area contributed by atoms with Gasteiger partial charge in [-0.1, -0.05) is 13.8 Å². The molecule has 0 bridgehead atoms. The maximum Gasteiger partial charge on any atom is 0.323 e. The van der Waals surface area contributed by atoms with Crippen molar-refractivity contribution in [1.82, 2.24) is 5.32 Å². The number of hydrogen-bond donors (Lipinski definition) is 2. The lowest BCUT2D eigenvalue weighted by molar-refractivity contribution is -0.142. The summed E-state index contributed by atoms with van der Waals surface area (Å²) in [6.07, 6.45) is 4.80. The van der Waals surface area contributed by atoms with Crippen LogP contribution in [0.5, 0.6) is 0 Å². The Bertz CT molecular complexity index is 212. The maximum atomic E-state index is 10.9. The molecule has 0 amide bonds. The van der Waals surface area contributed by atoms with Crippen molar-refractivity contribution in [3.63, 3.8) is 0 Å². The SMILES string of the molecule is CCNC(COC1CCC(C)CC1)C(=O)O. The molecule has 1 aliphatic carbocycles. The van der Waals surface area contributed by atoms with Crippen LogP contribution in [0.4, 0.5) is 0 Å². The first-order valence-electron chi connectivity index (χ1n) is 6.21. The third-order valence-corrected chi connectivity index (χ3v) is 3.21. The van der Waals surface area contributed by atoms with Crippen LogP contribution in [0.1, 0.15) is 39.5 Å². The first kappa shape index (κ1) is 13.5. The van der Waals surface area contributed by atoms with E-state index in [2.05, 4.69) is 12.2 Å². The smallest absolute Gasteiger partial charge is 0.323 e. The van der Waals surface area contributed by atoms with E-state index in [0.29, 0.717) is 6.54 Å². The quantitative estimate of drug-likeness (QED) is 0.727. The van der Waals surface area contributed by atoms with Gasteiger partial charge in [0.1, 0.15) is 6.04 Å². The second-order valence-corrected chi connectivity index (χ2v) is 4.66. The third-order valence-electron chi connectivity index (χ3n) is 3.21. The van der Waals surface area contributed by atoms with Crippen LogP contribution >= 0.6 is 0 Å². The standard InChI is InChI=1S/C12H23NO3/c1-3-13-11(12(14)15)8-16-10-6-4-9(2)5-7-10/h9-11,13H,3-8H2,1-2H3,(H,14,15). The van der Waals surface area contributed by atoms with E-state index in [9.17, 15) is 4.79 Å². The molecule has 0 aromatic rings. The van der Waals surface area contributed by atoms with Gasteiger partial charge in [-0.3, -0.25) is 4.79 Å². The molecule has 1 rings (SSSR count). The Kier molecular flexibility index (Phi) is 5.77. The van der Waals surface area contributed by atoms with E-state index in [0.717, 1.165) is 18.8 Å². The van der Waals surface area contributed by atoms with Crippen LogP contribution in [0.2, 0.25) is 0 Å². The molecular weight excluding hydrogens is 206 g/mol. The summed E-state index contributed by atoms with van der Waals surface area (Å²) in [6, 6.07) is -0.565. The van der Waals surface area contributed by atoms with Gasteiger partial charge in [-0.15, -0.1) is 0 Å². The normalized spacial score (nSPS) is 27.6. The Balaban J connectivity index is 2.23. The van der Waals surface area contributed by atoms with Crippen molar-refractivity contribution < 1.29 is 14.6 Å². The highest BCUT2D eigenvalue weighted by Crippen LogP contribution is 2.25. The Hall–Kier alpha value is -0.610. The van der Waals surface area contributed by atoms with Crippen LogP contribution in [0.25, 0.3) is 0 Å². The number of carboxylic acid groups (broad SMARTS) is 1. The molecule has 1 saturated carbocycles.